The van der Waals surface area contributed by atoms with Gasteiger partial charge in [-0.1, -0.05) is 79.0 Å². The number of likely N-dealkylation sites (tertiary alicyclic amines) is 1. The lowest BCUT2D eigenvalue weighted by molar-refractivity contribution is -0.138. The summed E-state index contributed by atoms with van der Waals surface area (Å²) in [6.45, 7) is 0.719. The van der Waals surface area contributed by atoms with E-state index in [0.717, 1.165) is 49.9 Å². The molecule has 2 amide bonds. The zero-order valence-electron chi connectivity index (χ0n) is 20.8. The van der Waals surface area contributed by atoms with Gasteiger partial charge in [0.25, 0.3) is 5.91 Å². The van der Waals surface area contributed by atoms with Crippen LogP contribution in [-0.2, 0) is 4.79 Å². The van der Waals surface area contributed by atoms with Crippen molar-refractivity contribution < 1.29 is 9.59 Å². The van der Waals surface area contributed by atoms with E-state index < -0.39 is 0 Å². The Morgan fingerprint density at radius 2 is 1.62 bits per heavy atom. The number of halogens is 1. The quantitative estimate of drug-likeness (QED) is 0.425. The standard InChI is InChI=1S/C31H32ClN3O2/c32-22-15-16-23-27(19-22)33-28(20-9-3-1-4-10-20)25-17-18-35(29(23)25)31(37)24-13-7-8-14-26(24)34-30(36)21-11-5-2-6-12-21/h1-6,9-12,15-16,19,24-26,28-29,33H,7-8,13-14,17-18H2,(H,34,36)/t24-,25?,26+,28?,29?/m0/s1. The maximum absolute atomic E-state index is 14.2. The topological polar surface area (TPSA) is 61.4 Å². The van der Waals surface area contributed by atoms with Gasteiger partial charge in [-0.3, -0.25) is 9.59 Å². The Hall–Kier alpha value is -3.31. The highest BCUT2D eigenvalue weighted by atomic mass is 35.5. The Kier molecular flexibility index (Phi) is 6.64. The summed E-state index contributed by atoms with van der Waals surface area (Å²) in [5, 5.41) is 7.63. The molecule has 0 aromatic heterocycles. The van der Waals surface area contributed by atoms with Crippen molar-refractivity contribution in [3.8, 4) is 0 Å². The molecule has 1 aliphatic carbocycles. The third-order valence-electron chi connectivity index (χ3n) is 8.40. The van der Waals surface area contributed by atoms with Crippen LogP contribution in [0.25, 0.3) is 0 Å². The molecule has 190 valence electrons. The number of nitrogens with zero attached hydrogens (tertiary/aromatic N) is 1. The van der Waals surface area contributed by atoms with E-state index in [4.69, 9.17) is 11.6 Å². The van der Waals surface area contributed by atoms with Gasteiger partial charge in [0.2, 0.25) is 5.91 Å². The van der Waals surface area contributed by atoms with Crippen LogP contribution in [0.2, 0.25) is 5.02 Å². The van der Waals surface area contributed by atoms with E-state index in [9.17, 15) is 9.59 Å². The van der Waals surface area contributed by atoms with Gasteiger partial charge in [-0.05, 0) is 54.7 Å². The molecule has 3 aliphatic rings. The molecule has 3 unspecified atom stereocenters. The molecule has 2 heterocycles. The molecule has 0 bridgehead atoms. The summed E-state index contributed by atoms with van der Waals surface area (Å²) in [4.78, 5) is 29.3. The fourth-order valence-electron chi connectivity index (χ4n) is 6.64. The monoisotopic (exact) mass is 513 g/mol. The fourth-order valence-corrected chi connectivity index (χ4v) is 6.81. The molecule has 2 aliphatic heterocycles. The highest BCUT2D eigenvalue weighted by Crippen LogP contribution is 2.52. The summed E-state index contributed by atoms with van der Waals surface area (Å²) in [6, 6.07) is 25.7. The van der Waals surface area contributed by atoms with Crippen molar-refractivity contribution in [2.45, 2.75) is 50.2 Å². The van der Waals surface area contributed by atoms with E-state index in [0.29, 0.717) is 10.6 Å². The molecule has 6 rings (SSSR count). The molecule has 1 saturated heterocycles. The fraction of sp³-hybridized carbons (Fsp3) is 0.355. The van der Waals surface area contributed by atoms with Crippen molar-refractivity contribution in [1.82, 2.24) is 10.2 Å². The van der Waals surface area contributed by atoms with E-state index in [1.54, 1.807) is 0 Å². The Labute approximate surface area is 223 Å². The van der Waals surface area contributed by atoms with Crippen LogP contribution in [0.1, 0.15) is 65.7 Å². The molecule has 0 radical (unpaired) electrons. The largest absolute Gasteiger partial charge is 0.378 e. The molecule has 6 heteroatoms. The Bertz CT molecular complexity index is 1280. The highest BCUT2D eigenvalue weighted by Gasteiger charge is 2.48. The lowest BCUT2D eigenvalue weighted by Gasteiger charge is -2.42. The first kappa shape index (κ1) is 24.1. The summed E-state index contributed by atoms with van der Waals surface area (Å²) >= 11 is 6.39. The SMILES string of the molecule is O=C(N[C@@H]1CCCC[C@@H]1C(=O)N1CCC2C(c3ccccc3)Nc3cc(Cl)ccc3C21)c1ccccc1. The maximum atomic E-state index is 14.2. The van der Waals surface area contributed by atoms with Crippen LogP contribution >= 0.6 is 11.6 Å². The van der Waals surface area contributed by atoms with Crippen molar-refractivity contribution in [1.29, 1.82) is 0 Å². The summed E-state index contributed by atoms with van der Waals surface area (Å²) in [6.07, 6.45) is 4.60. The second-order valence-electron chi connectivity index (χ2n) is 10.5. The van der Waals surface area contributed by atoms with Gasteiger partial charge in [0.15, 0.2) is 0 Å². The first-order chi connectivity index (χ1) is 18.1. The third kappa shape index (κ3) is 4.61. The van der Waals surface area contributed by atoms with Crippen LogP contribution in [0.15, 0.2) is 78.9 Å². The van der Waals surface area contributed by atoms with Crippen LogP contribution in [0, 0.1) is 11.8 Å². The molecular formula is C31H32ClN3O2. The molecule has 5 nitrogen and oxygen atoms in total. The number of hydrogen-bond acceptors (Lipinski definition) is 3. The number of fused-ring (bicyclic) bond motifs is 3. The first-order valence-electron chi connectivity index (χ1n) is 13.4. The van der Waals surface area contributed by atoms with Crippen molar-refractivity contribution in [2.24, 2.45) is 11.8 Å². The summed E-state index contributed by atoms with van der Waals surface area (Å²) in [7, 11) is 0. The van der Waals surface area contributed by atoms with Crippen LogP contribution in [0.4, 0.5) is 5.69 Å². The molecular weight excluding hydrogens is 482 g/mol. The van der Waals surface area contributed by atoms with Crippen LogP contribution in [0.3, 0.4) is 0 Å². The molecule has 1 saturated carbocycles. The number of rotatable bonds is 4. The van der Waals surface area contributed by atoms with Crippen molar-refractivity contribution >= 4 is 29.1 Å². The van der Waals surface area contributed by atoms with E-state index in [1.165, 1.54) is 5.56 Å². The van der Waals surface area contributed by atoms with Crippen molar-refractivity contribution in [2.75, 3.05) is 11.9 Å². The lowest BCUT2D eigenvalue weighted by Crippen LogP contribution is -2.50. The third-order valence-corrected chi connectivity index (χ3v) is 8.63. The van der Waals surface area contributed by atoms with E-state index >= 15 is 0 Å². The Morgan fingerprint density at radius 3 is 2.41 bits per heavy atom. The number of carbonyl (C=O) groups is 2. The Morgan fingerprint density at radius 1 is 0.892 bits per heavy atom. The second kappa shape index (κ2) is 10.2. The van der Waals surface area contributed by atoms with E-state index in [2.05, 4.69) is 45.9 Å². The Balaban J connectivity index is 1.29. The van der Waals surface area contributed by atoms with Crippen LogP contribution < -0.4 is 10.6 Å². The molecule has 0 spiro atoms. The minimum atomic E-state index is -0.207. The number of nitrogens with one attached hydrogen (secondary N) is 2. The number of benzene rings is 3. The van der Waals surface area contributed by atoms with Crippen LogP contribution in [-0.4, -0.2) is 29.3 Å². The van der Waals surface area contributed by atoms with Gasteiger partial charge < -0.3 is 15.5 Å². The van der Waals surface area contributed by atoms with Gasteiger partial charge in [-0.2, -0.15) is 0 Å². The predicted octanol–water partition coefficient (Wildman–Crippen LogP) is 6.39. The molecule has 2 N–H and O–H groups in total. The van der Waals surface area contributed by atoms with E-state index in [-0.39, 0.29) is 41.8 Å². The van der Waals surface area contributed by atoms with Gasteiger partial charge in [0.1, 0.15) is 0 Å². The first-order valence-corrected chi connectivity index (χ1v) is 13.8. The van der Waals surface area contributed by atoms with Gasteiger partial charge >= 0.3 is 0 Å². The lowest BCUT2D eigenvalue weighted by atomic mass is 9.79. The minimum Gasteiger partial charge on any atom is -0.378 e. The molecule has 2 fully saturated rings. The number of carbonyl (C=O) groups excluding carboxylic acids is 2. The van der Waals surface area contributed by atoms with Crippen molar-refractivity contribution in [3.63, 3.8) is 0 Å². The van der Waals surface area contributed by atoms with Gasteiger partial charge in [-0.15, -0.1) is 0 Å². The van der Waals surface area contributed by atoms with E-state index in [1.807, 2.05) is 48.5 Å². The summed E-state index contributed by atoms with van der Waals surface area (Å²) < 4.78 is 0. The van der Waals surface area contributed by atoms with Gasteiger partial charge in [0.05, 0.1) is 18.0 Å². The number of amides is 2. The summed E-state index contributed by atoms with van der Waals surface area (Å²) in [5.41, 5.74) is 3.99. The zero-order chi connectivity index (χ0) is 25.4. The average Bonchev–Trinajstić information content (AvgIpc) is 3.39. The predicted molar refractivity (Wildman–Crippen MR) is 146 cm³/mol. The second-order valence-corrected chi connectivity index (χ2v) is 11.0. The van der Waals surface area contributed by atoms with Crippen molar-refractivity contribution in [3.05, 3.63) is 101 Å². The maximum Gasteiger partial charge on any atom is 0.251 e. The molecule has 5 atom stereocenters. The highest BCUT2D eigenvalue weighted by molar-refractivity contribution is 6.30. The van der Waals surface area contributed by atoms with Crippen LogP contribution in [0.5, 0.6) is 0 Å². The number of hydrogen-bond donors (Lipinski definition) is 2. The molecule has 37 heavy (non-hydrogen) atoms. The average molecular weight is 514 g/mol. The normalized spacial score (nSPS) is 26.5. The number of anilines is 1. The summed E-state index contributed by atoms with van der Waals surface area (Å²) in [5.74, 6) is 0.123. The molecule has 3 aromatic carbocycles. The minimum absolute atomic E-state index is 0.0152. The zero-order valence-corrected chi connectivity index (χ0v) is 21.5. The molecule has 3 aromatic rings. The van der Waals surface area contributed by atoms with Gasteiger partial charge in [0, 0.05) is 34.8 Å². The van der Waals surface area contributed by atoms with Gasteiger partial charge in [-0.25, -0.2) is 0 Å². The smallest absolute Gasteiger partial charge is 0.251 e.